The smallest absolute Gasteiger partial charge is 0.237 e. The second-order valence-electron chi connectivity index (χ2n) is 7.53. The number of thiophene rings is 1. The molecule has 1 aliphatic rings. The van der Waals surface area contributed by atoms with E-state index in [-0.39, 0.29) is 11.7 Å². The number of nitrogens with two attached hydrogens (primary N) is 1. The maximum Gasteiger partial charge on any atom is 0.237 e. The molecule has 1 saturated heterocycles. The van der Waals surface area contributed by atoms with E-state index >= 15 is 0 Å². The number of carbonyl (C=O) groups is 1. The summed E-state index contributed by atoms with van der Waals surface area (Å²) in [6, 6.07) is 12.8. The van der Waals surface area contributed by atoms with Crippen molar-refractivity contribution in [3.63, 3.8) is 0 Å². The van der Waals surface area contributed by atoms with E-state index in [1.165, 1.54) is 12.4 Å². The van der Waals surface area contributed by atoms with Crippen molar-refractivity contribution < 1.29 is 9.18 Å². The first-order valence-electron chi connectivity index (χ1n) is 9.72. The fourth-order valence-corrected chi connectivity index (χ4v) is 4.99. The number of carbonyl (C=O) groups excluding carboxylic acids is 1. The van der Waals surface area contributed by atoms with Gasteiger partial charge in [-0.3, -0.25) is 9.69 Å². The number of amides is 1. The normalized spacial score (nSPS) is 15.4. The molecule has 0 aliphatic carbocycles. The molecule has 152 valence electrons. The highest BCUT2D eigenvalue weighted by Crippen LogP contribution is 2.28. The van der Waals surface area contributed by atoms with E-state index in [0.29, 0.717) is 32.0 Å². The average Bonchev–Trinajstić information content (AvgIpc) is 3.11. The Morgan fingerprint density at radius 3 is 2.83 bits per heavy atom. The first-order chi connectivity index (χ1) is 14.5. The summed E-state index contributed by atoms with van der Waals surface area (Å²) in [4.78, 5) is 26.2. The van der Waals surface area contributed by atoms with Crippen molar-refractivity contribution in [3.05, 3.63) is 65.0 Å². The Bertz CT molecular complexity index is 1260. The summed E-state index contributed by atoms with van der Waals surface area (Å²) in [5.41, 5.74) is 7.69. The molecule has 2 N–H and O–H groups in total. The Labute approximate surface area is 176 Å². The summed E-state index contributed by atoms with van der Waals surface area (Å²) in [7, 11) is 0. The molecule has 0 saturated carbocycles. The van der Waals surface area contributed by atoms with Crippen LogP contribution in [0, 0.1) is 5.82 Å². The maximum atomic E-state index is 13.4. The minimum Gasteiger partial charge on any atom is -0.383 e. The van der Waals surface area contributed by atoms with E-state index in [1.54, 1.807) is 23.5 Å². The van der Waals surface area contributed by atoms with E-state index in [2.05, 4.69) is 20.9 Å². The minimum absolute atomic E-state index is 0.107. The molecule has 5 rings (SSSR count). The molecule has 0 unspecified atom stereocenters. The lowest BCUT2D eigenvalue weighted by atomic mass is 10.1. The summed E-state index contributed by atoms with van der Waals surface area (Å²) in [6.45, 7) is 3.10. The lowest BCUT2D eigenvalue weighted by Crippen LogP contribution is -2.49. The zero-order chi connectivity index (χ0) is 20.7. The molecule has 0 radical (unpaired) electrons. The van der Waals surface area contributed by atoms with Gasteiger partial charge in [0.25, 0.3) is 0 Å². The van der Waals surface area contributed by atoms with Crippen LogP contribution in [0.2, 0.25) is 0 Å². The van der Waals surface area contributed by atoms with Crippen LogP contribution >= 0.6 is 11.3 Å². The van der Waals surface area contributed by atoms with Gasteiger partial charge < -0.3 is 10.6 Å². The first-order valence-corrected chi connectivity index (χ1v) is 10.5. The molecule has 0 atom stereocenters. The largest absolute Gasteiger partial charge is 0.383 e. The van der Waals surface area contributed by atoms with Gasteiger partial charge in [-0.1, -0.05) is 12.1 Å². The molecule has 2 aromatic carbocycles. The molecule has 4 aromatic rings. The van der Waals surface area contributed by atoms with Crippen LogP contribution in [0.15, 0.2) is 48.8 Å². The van der Waals surface area contributed by atoms with Gasteiger partial charge in [0.15, 0.2) is 0 Å². The van der Waals surface area contributed by atoms with Gasteiger partial charge in [-0.2, -0.15) is 0 Å². The van der Waals surface area contributed by atoms with Crippen LogP contribution in [-0.4, -0.2) is 45.3 Å². The van der Waals surface area contributed by atoms with Crippen LogP contribution in [0.1, 0.15) is 10.4 Å². The number of aromatic nitrogens is 2. The molecule has 1 fully saturated rings. The van der Waals surface area contributed by atoms with Gasteiger partial charge in [0.2, 0.25) is 5.91 Å². The van der Waals surface area contributed by atoms with Gasteiger partial charge in [0.05, 0.1) is 12.1 Å². The number of benzene rings is 2. The van der Waals surface area contributed by atoms with Crippen molar-refractivity contribution in [1.29, 1.82) is 0 Å². The van der Waals surface area contributed by atoms with E-state index in [1.807, 2.05) is 23.1 Å². The summed E-state index contributed by atoms with van der Waals surface area (Å²) < 4.78 is 14.4. The van der Waals surface area contributed by atoms with Gasteiger partial charge in [-0.25, -0.2) is 14.4 Å². The third-order valence-electron chi connectivity index (χ3n) is 5.42. The number of anilines is 1. The van der Waals surface area contributed by atoms with E-state index in [0.717, 1.165) is 38.0 Å². The molecule has 30 heavy (non-hydrogen) atoms. The lowest BCUT2D eigenvalue weighted by molar-refractivity contribution is -0.136. The second kappa shape index (κ2) is 7.62. The SMILES string of the molecule is Nc1ncnc2cc(CN3CCN(Cc4cc5ccc(F)cc5s4)CC3=O)ccc12. The monoisotopic (exact) mass is 421 g/mol. The van der Waals surface area contributed by atoms with E-state index in [4.69, 9.17) is 5.73 Å². The number of rotatable bonds is 4. The van der Waals surface area contributed by atoms with Crippen LogP contribution in [0.25, 0.3) is 21.0 Å². The van der Waals surface area contributed by atoms with Crippen molar-refractivity contribution in [2.45, 2.75) is 13.1 Å². The predicted octanol–water partition coefficient (Wildman–Crippen LogP) is 3.41. The maximum absolute atomic E-state index is 13.4. The van der Waals surface area contributed by atoms with Crippen molar-refractivity contribution in [2.75, 3.05) is 25.4 Å². The number of nitrogen functional groups attached to an aromatic ring is 1. The fourth-order valence-electron chi connectivity index (χ4n) is 3.86. The van der Waals surface area contributed by atoms with E-state index < -0.39 is 0 Å². The van der Waals surface area contributed by atoms with Crippen molar-refractivity contribution >= 4 is 44.1 Å². The van der Waals surface area contributed by atoms with Crippen molar-refractivity contribution in [3.8, 4) is 0 Å². The van der Waals surface area contributed by atoms with Gasteiger partial charge in [-0.15, -0.1) is 11.3 Å². The summed E-state index contributed by atoms with van der Waals surface area (Å²) in [5, 5.41) is 1.86. The van der Waals surface area contributed by atoms with Crippen molar-refractivity contribution in [1.82, 2.24) is 19.8 Å². The van der Waals surface area contributed by atoms with Crippen LogP contribution < -0.4 is 5.73 Å². The quantitative estimate of drug-likeness (QED) is 0.547. The molecule has 1 amide bonds. The Morgan fingerprint density at radius 1 is 1.07 bits per heavy atom. The molecular weight excluding hydrogens is 401 g/mol. The molecular formula is C22H20FN5OS. The molecule has 2 aromatic heterocycles. The second-order valence-corrected chi connectivity index (χ2v) is 8.70. The summed E-state index contributed by atoms with van der Waals surface area (Å²) in [6.07, 6.45) is 1.45. The Morgan fingerprint density at radius 2 is 1.97 bits per heavy atom. The third-order valence-corrected chi connectivity index (χ3v) is 6.50. The van der Waals surface area contributed by atoms with Crippen LogP contribution in [0.3, 0.4) is 0 Å². The highest BCUT2D eigenvalue weighted by atomic mass is 32.1. The number of hydrogen-bond acceptors (Lipinski definition) is 6. The average molecular weight is 422 g/mol. The predicted molar refractivity (Wildman–Crippen MR) is 116 cm³/mol. The Balaban J connectivity index is 1.24. The molecule has 8 heteroatoms. The topological polar surface area (TPSA) is 75.3 Å². The highest BCUT2D eigenvalue weighted by molar-refractivity contribution is 7.19. The Hall–Kier alpha value is -3.10. The number of piperazine rings is 1. The zero-order valence-electron chi connectivity index (χ0n) is 16.2. The lowest BCUT2D eigenvalue weighted by Gasteiger charge is -2.34. The number of hydrogen-bond donors (Lipinski definition) is 1. The third kappa shape index (κ3) is 3.71. The Kier molecular flexibility index (Phi) is 4.80. The minimum atomic E-state index is -0.220. The number of fused-ring (bicyclic) bond motifs is 2. The zero-order valence-corrected chi connectivity index (χ0v) is 17.0. The molecule has 0 bridgehead atoms. The van der Waals surface area contributed by atoms with Crippen LogP contribution in [0.5, 0.6) is 0 Å². The van der Waals surface area contributed by atoms with Gasteiger partial charge in [-0.05, 0) is 41.3 Å². The fraction of sp³-hybridized carbons (Fsp3) is 0.227. The van der Waals surface area contributed by atoms with Crippen molar-refractivity contribution in [2.24, 2.45) is 0 Å². The molecule has 3 heterocycles. The standard InChI is InChI=1S/C22H20FN5OS/c23-16-3-2-15-8-17(30-20(15)9-16)11-27-5-6-28(21(29)12-27)10-14-1-4-18-19(7-14)25-13-26-22(18)24/h1-4,7-9,13H,5-6,10-12H2,(H2,24,25,26). The van der Waals surface area contributed by atoms with Crippen LogP contribution in [0.4, 0.5) is 10.2 Å². The number of nitrogens with zero attached hydrogens (tertiary/aromatic N) is 4. The summed E-state index contributed by atoms with van der Waals surface area (Å²) in [5.74, 6) is 0.346. The van der Waals surface area contributed by atoms with Gasteiger partial charge >= 0.3 is 0 Å². The van der Waals surface area contributed by atoms with Gasteiger partial charge in [0.1, 0.15) is 18.0 Å². The molecule has 0 spiro atoms. The van der Waals surface area contributed by atoms with E-state index in [9.17, 15) is 9.18 Å². The van der Waals surface area contributed by atoms with Gasteiger partial charge in [0, 0.05) is 41.1 Å². The molecule has 1 aliphatic heterocycles. The highest BCUT2D eigenvalue weighted by Gasteiger charge is 2.24. The molecule has 6 nitrogen and oxygen atoms in total. The van der Waals surface area contributed by atoms with Crippen LogP contribution in [-0.2, 0) is 17.9 Å². The first kappa shape index (κ1) is 18.9. The number of halogens is 1. The summed E-state index contributed by atoms with van der Waals surface area (Å²) >= 11 is 1.58.